The van der Waals surface area contributed by atoms with E-state index in [4.69, 9.17) is 21.1 Å². The molecule has 0 saturated carbocycles. The Hall–Kier alpha value is -2.12. The Morgan fingerprint density at radius 2 is 2.20 bits per heavy atom. The van der Waals surface area contributed by atoms with E-state index in [2.05, 4.69) is 10.3 Å². The standard InChI is InChI=1S/C17H20ClN3O4/c1-2-25-16(23)13-14(11-4-3-5-12(18)10-11)19-17(20-15(13)22)21-6-8-24-9-7-21/h3-5,10,13-14H,2,6-9H2,1H3,(H,19,20,22)/t13-,14-/m0/s1. The van der Waals surface area contributed by atoms with Crippen LogP contribution in [0.2, 0.25) is 5.02 Å². The maximum atomic E-state index is 12.6. The van der Waals surface area contributed by atoms with Crippen LogP contribution in [0.15, 0.2) is 29.3 Å². The summed E-state index contributed by atoms with van der Waals surface area (Å²) in [4.78, 5) is 31.6. The zero-order valence-electron chi connectivity index (χ0n) is 13.9. The van der Waals surface area contributed by atoms with Crippen LogP contribution in [0.1, 0.15) is 18.5 Å². The van der Waals surface area contributed by atoms with Crippen LogP contribution in [-0.4, -0.2) is 55.6 Å². The monoisotopic (exact) mass is 365 g/mol. The predicted octanol–water partition coefficient (Wildman–Crippen LogP) is 1.38. The number of carbonyl (C=O) groups excluding carboxylic acids is 2. The fraction of sp³-hybridized carbons (Fsp3) is 0.471. The fourth-order valence-corrected chi connectivity index (χ4v) is 3.13. The number of guanidine groups is 1. The molecule has 25 heavy (non-hydrogen) atoms. The van der Waals surface area contributed by atoms with Crippen LogP contribution in [0.5, 0.6) is 0 Å². The van der Waals surface area contributed by atoms with Crippen LogP contribution in [0.3, 0.4) is 0 Å². The third-order valence-electron chi connectivity index (χ3n) is 4.14. The van der Waals surface area contributed by atoms with Crippen molar-refractivity contribution >= 4 is 29.4 Å². The molecule has 1 saturated heterocycles. The van der Waals surface area contributed by atoms with Crippen molar-refractivity contribution in [2.75, 3.05) is 32.9 Å². The Labute approximate surface area is 150 Å². The van der Waals surface area contributed by atoms with Gasteiger partial charge in [-0.25, -0.2) is 4.99 Å². The molecule has 1 fully saturated rings. The second kappa shape index (κ2) is 7.84. The van der Waals surface area contributed by atoms with Gasteiger partial charge in [0.1, 0.15) is 6.04 Å². The average molecular weight is 366 g/mol. The largest absolute Gasteiger partial charge is 0.465 e. The smallest absolute Gasteiger partial charge is 0.321 e. The van der Waals surface area contributed by atoms with Crippen molar-refractivity contribution in [2.45, 2.75) is 13.0 Å². The molecule has 134 valence electrons. The highest BCUT2D eigenvalue weighted by Crippen LogP contribution is 2.32. The Balaban J connectivity index is 1.97. The van der Waals surface area contributed by atoms with Crippen molar-refractivity contribution < 1.29 is 19.1 Å². The summed E-state index contributed by atoms with van der Waals surface area (Å²) in [5, 5.41) is 3.26. The first-order valence-electron chi connectivity index (χ1n) is 8.23. The molecule has 7 nitrogen and oxygen atoms in total. The molecule has 0 aliphatic carbocycles. The van der Waals surface area contributed by atoms with Gasteiger partial charge in [0.15, 0.2) is 5.92 Å². The molecular formula is C17H20ClN3O4. The number of nitrogens with zero attached hydrogens (tertiary/aromatic N) is 2. The van der Waals surface area contributed by atoms with E-state index in [0.29, 0.717) is 42.8 Å². The lowest BCUT2D eigenvalue weighted by Gasteiger charge is -2.35. The molecule has 8 heteroatoms. The van der Waals surface area contributed by atoms with E-state index in [-0.39, 0.29) is 6.61 Å². The van der Waals surface area contributed by atoms with Gasteiger partial charge in [0.2, 0.25) is 11.9 Å². The first-order chi connectivity index (χ1) is 12.1. The zero-order valence-corrected chi connectivity index (χ0v) is 14.7. The summed E-state index contributed by atoms with van der Waals surface area (Å²) in [7, 11) is 0. The van der Waals surface area contributed by atoms with Gasteiger partial charge in [0.05, 0.1) is 19.8 Å². The molecule has 0 aromatic heterocycles. The quantitative estimate of drug-likeness (QED) is 0.646. The zero-order chi connectivity index (χ0) is 17.8. The van der Waals surface area contributed by atoms with Gasteiger partial charge in [0, 0.05) is 18.1 Å². The number of carbonyl (C=O) groups is 2. The molecular weight excluding hydrogens is 346 g/mol. The molecule has 2 atom stereocenters. The van der Waals surface area contributed by atoms with Crippen molar-refractivity contribution in [1.29, 1.82) is 0 Å². The molecule has 1 aromatic rings. The topological polar surface area (TPSA) is 80.2 Å². The van der Waals surface area contributed by atoms with Gasteiger partial charge in [-0.1, -0.05) is 23.7 Å². The van der Waals surface area contributed by atoms with E-state index in [0.717, 1.165) is 0 Å². The van der Waals surface area contributed by atoms with Gasteiger partial charge < -0.3 is 14.4 Å². The van der Waals surface area contributed by atoms with E-state index >= 15 is 0 Å². The van der Waals surface area contributed by atoms with E-state index in [1.165, 1.54) is 0 Å². The number of morpholine rings is 1. The van der Waals surface area contributed by atoms with Crippen molar-refractivity contribution in [3.8, 4) is 0 Å². The minimum absolute atomic E-state index is 0.199. The number of hydrogen-bond acceptors (Lipinski definition) is 6. The molecule has 1 aromatic carbocycles. The van der Waals surface area contributed by atoms with Crippen LogP contribution in [0.25, 0.3) is 0 Å². The number of halogens is 1. The molecule has 0 spiro atoms. The number of esters is 1. The lowest BCUT2D eigenvalue weighted by Crippen LogP contribution is -2.55. The molecule has 2 aliphatic rings. The normalized spacial score (nSPS) is 23.7. The first-order valence-corrected chi connectivity index (χ1v) is 8.61. The molecule has 0 radical (unpaired) electrons. The third kappa shape index (κ3) is 3.93. The van der Waals surface area contributed by atoms with Gasteiger partial charge in [-0.3, -0.25) is 14.9 Å². The van der Waals surface area contributed by atoms with Crippen molar-refractivity contribution in [1.82, 2.24) is 10.2 Å². The molecule has 3 rings (SSSR count). The Bertz CT molecular complexity index is 688. The first kappa shape index (κ1) is 17.7. The summed E-state index contributed by atoms with van der Waals surface area (Å²) in [6.45, 7) is 4.30. The predicted molar refractivity (Wildman–Crippen MR) is 92.3 cm³/mol. The summed E-state index contributed by atoms with van der Waals surface area (Å²) in [5.41, 5.74) is 0.700. The Morgan fingerprint density at radius 3 is 2.88 bits per heavy atom. The lowest BCUT2D eigenvalue weighted by molar-refractivity contribution is -0.153. The summed E-state index contributed by atoms with van der Waals surface area (Å²) in [6, 6.07) is 6.36. The van der Waals surface area contributed by atoms with Crippen LogP contribution in [0, 0.1) is 5.92 Å². The van der Waals surface area contributed by atoms with Gasteiger partial charge >= 0.3 is 5.97 Å². The van der Waals surface area contributed by atoms with Crippen molar-refractivity contribution in [3.05, 3.63) is 34.9 Å². The van der Waals surface area contributed by atoms with Gasteiger partial charge in [-0.15, -0.1) is 0 Å². The van der Waals surface area contributed by atoms with Crippen LogP contribution < -0.4 is 5.32 Å². The van der Waals surface area contributed by atoms with Crippen molar-refractivity contribution in [2.24, 2.45) is 10.9 Å². The third-order valence-corrected chi connectivity index (χ3v) is 4.37. The van der Waals surface area contributed by atoms with E-state index in [1.54, 1.807) is 25.1 Å². The highest BCUT2D eigenvalue weighted by Gasteiger charge is 2.42. The van der Waals surface area contributed by atoms with Crippen LogP contribution in [-0.2, 0) is 19.1 Å². The molecule has 1 amide bonds. The Kier molecular flexibility index (Phi) is 5.55. The number of rotatable bonds is 3. The molecule has 1 N–H and O–H groups in total. The van der Waals surface area contributed by atoms with Gasteiger partial charge in [-0.2, -0.15) is 0 Å². The summed E-state index contributed by atoms with van der Waals surface area (Å²) in [5.74, 6) is -1.59. The van der Waals surface area contributed by atoms with E-state index in [1.807, 2.05) is 11.0 Å². The van der Waals surface area contributed by atoms with Gasteiger partial charge in [0.25, 0.3) is 0 Å². The maximum absolute atomic E-state index is 12.6. The SMILES string of the molecule is CCOC(=O)[C@@H]1C(=O)NC(N2CCOCC2)=N[C@H]1c1cccc(Cl)c1. The minimum atomic E-state index is -1.04. The number of benzene rings is 1. The number of aliphatic imine (C=N–C) groups is 1. The number of hydrogen-bond donors (Lipinski definition) is 1. The summed E-state index contributed by atoms with van der Waals surface area (Å²) < 4.78 is 10.4. The molecule has 2 heterocycles. The van der Waals surface area contributed by atoms with Crippen LogP contribution in [0.4, 0.5) is 0 Å². The second-order valence-corrected chi connectivity index (χ2v) is 6.21. The minimum Gasteiger partial charge on any atom is -0.465 e. The maximum Gasteiger partial charge on any atom is 0.321 e. The number of ether oxygens (including phenoxy) is 2. The molecule has 2 aliphatic heterocycles. The molecule has 0 bridgehead atoms. The van der Waals surface area contributed by atoms with Crippen molar-refractivity contribution in [3.63, 3.8) is 0 Å². The van der Waals surface area contributed by atoms with E-state index in [9.17, 15) is 9.59 Å². The van der Waals surface area contributed by atoms with Crippen LogP contribution >= 0.6 is 11.6 Å². The molecule has 0 unspecified atom stereocenters. The Morgan fingerprint density at radius 1 is 1.44 bits per heavy atom. The van der Waals surface area contributed by atoms with Gasteiger partial charge in [-0.05, 0) is 24.6 Å². The number of nitrogens with one attached hydrogen (secondary N) is 1. The second-order valence-electron chi connectivity index (χ2n) is 5.77. The highest BCUT2D eigenvalue weighted by atomic mass is 35.5. The average Bonchev–Trinajstić information content (AvgIpc) is 2.62. The fourth-order valence-electron chi connectivity index (χ4n) is 2.93. The lowest BCUT2D eigenvalue weighted by atomic mass is 9.91. The number of amides is 1. The summed E-state index contributed by atoms with van der Waals surface area (Å²) >= 11 is 6.08. The summed E-state index contributed by atoms with van der Waals surface area (Å²) in [6.07, 6.45) is 0. The van der Waals surface area contributed by atoms with E-state index < -0.39 is 23.8 Å². The highest BCUT2D eigenvalue weighted by molar-refractivity contribution is 6.30.